The Morgan fingerprint density at radius 1 is 1.25 bits per heavy atom. The van der Waals surface area contributed by atoms with Crippen molar-refractivity contribution in [2.75, 3.05) is 0 Å². The zero-order valence-corrected chi connectivity index (χ0v) is 11.8. The number of ketones is 1. The summed E-state index contributed by atoms with van der Waals surface area (Å²) in [5.74, 6) is -0.212. The van der Waals surface area contributed by atoms with E-state index in [1.807, 2.05) is 0 Å². The van der Waals surface area contributed by atoms with Crippen LogP contribution in [0.25, 0.3) is 0 Å². The number of non-ortho nitro benzene ring substituents is 1. The number of benzene rings is 1. The third kappa shape index (κ3) is 3.18. The number of pyridine rings is 1. The summed E-state index contributed by atoms with van der Waals surface area (Å²) < 4.78 is 2.26. The highest BCUT2D eigenvalue weighted by molar-refractivity contribution is 9.10. The molecule has 0 radical (unpaired) electrons. The van der Waals surface area contributed by atoms with Gasteiger partial charge in [-0.05, 0) is 40.2 Å². The van der Waals surface area contributed by atoms with E-state index in [1.54, 1.807) is 18.3 Å². The van der Waals surface area contributed by atoms with E-state index in [2.05, 4.69) is 15.9 Å². The normalized spacial score (nSPS) is 10.2. The quantitative estimate of drug-likeness (QED) is 0.528. The van der Waals surface area contributed by atoms with Gasteiger partial charge in [0.25, 0.3) is 5.69 Å². The fourth-order valence-corrected chi connectivity index (χ4v) is 2.04. The van der Waals surface area contributed by atoms with Crippen molar-refractivity contribution in [3.63, 3.8) is 0 Å². The van der Waals surface area contributed by atoms with Crippen molar-refractivity contribution < 1.29 is 9.72 Å². The van der Waals surface area contributed by atoms with Crippen LogP contribution in [0.4, 0.5) is 5.69 Å². The molecule has 0 fully saturated rings. The van der Waals surface area contributed by atoms with Crippen LogP contribution in [-0.4, -0.2) is 15.3 Å². The summed E-state index contributed by atoms with van der Waals surface area (Å²) in [6.45, 7) is 0.0100. The molecule has 1 heterocycles. The Labute approximate surface area is 122 Å². The molecule has 0 saturated carbocycles. The van der Waals surface area contributed by atoms with Crippen LogP contribution in [0, 0.1) is 15.5 Å². The molecule has 7 heteroatoms. The molecule has 2 aromatic rings. The van der Waals surface area contributed by atoms with Crippen LogP contribution in [0.2, 0.25) is 0 Å². The van der Waals surface area contributed by atoms with E-state index < -0.39 is 4.92 Å². The minimum atomic E-state index is -0.515. The van der Waals surface area contributed by atoms with Crippen molar-refractivity contribution in [2.45, 2.75) is 6.54 Å². The van der Waals surface area contributed by atoms with Crippen LogP contribution in [0.5, 0.6) is 0 Å². The van der Waals surface area contributed by atoms with E-state index in [4.69, 9.17) is 5.41 Å². The fourth-order valence-electron chi connectivity index (χ4n) is 1.66. The summed E-state index contributed by atoms with van der Waals surface area (Å²) in [7, 11) is 0. The Balaban J connectivity index is 2.21. The Morgan fingerprint density at radius 3 is 2.50 bits per heavy atom. The average molecular weight is 336 g/mol. The van der Waals surface area contributed by atoms with Gasteiger partial charge in [-0.15, -0.1) is 0 Å². The topological polar surface area (TPSA) is 89.0 Å². The molecule has 0 aliphatic heterocycles. The Bertz CT molecular complexity index is 722. The highest BCUT2D eigenvalue weighted by Crippen LogP contribution is 2.13. The van der Waals surface area contributed by atoms with Gasteiger partial charge in [0.2, 0.25) is 0 Å². The number of rotatable bonds is 4. The van der Waals surface area contributed by atoms with Crippen LogP contribution in [0.3, 0.4) is 0 Å². The summed E-state index contributed by atoms with van der Waals surface area (Å²) in [5.41, 5.74) is 0.531. The van der Waals surface area contributed by atoms with Gasteiger partial charge in [0.1, 0.15) is 5.49 Å². The molecule has 20 heavy (non-hydrogen) atoms. The van der Waals surface area contributed by atoms with E-state index in [1.165, 1.54) is 28.8 Å². The van der Waals surface area contributed by atoms with Gasteiger partial charge < -0.3 is 4.57 Å². The second-order valence-electron chi connectivity index (χ2n) is 4.09. The van der Waals surface area contributed by atoms with E-state index in [-0.39, 0.29) is 23.5 Å². The number of nitro groups is 1. The maximum Gasteiger partial charge on any atom is 0.269 e. The lowest BCUT2D eigenvalue weighted by Gasteiger charge is -2.06. The summed E-state index contributed by atoms with van der Waals surface area (Å²) in [6, 6.07) is 8.72. The Kier molecular flexibility index (Phi) is 4.09. The molecule has 0 aliphatic carbocycles. The zero-order valence-electron chi connectivity index (χ0n) is 10.2. The van der Waals surface area contributed by atoms with Crippen LogP contribution in [-0.2, 0) is 6.54 Å². The van der Waals surface area contributed by atoms with Gasteiger partial charge in [-0.25, -0.2) is 0 Å². The van der Waals surface area contributed by atoms with Crippen molar-refractivity contribution in [3.8, 4) is 0 Å². The number of nitrogens with one attached hydrogen (secondary N) is 1. The van der Waals surface area contributed by atoms with Crippen molar-refractivity contribution in [1.82, 2.24) is 4.57 Å². The first-order valence-corrected chi connectivity index (χ1v) is 6.45. The van der Waals surface area contributed by atoms with Gasteiger partial charge in [-0.3, -0.25) is 20.3 Å². The Morgan fingerprint density at radius 2 is 1.90 bits per heavy atom. The molecule has 0 amide bonds. The van der Waals surface area contributed by atoms with Crippen molar-refractivity contribution in [2.24, 2.45) is 0 Å². The molecule has 102 valence electrons. The number of hydrogen-bond acceptors (Lipinski definition) is 4. The van der Waals surface area contributed by atoms with Gasteiger partial charge in [-0.2, -0.15) is 0 Å². The van der Waals surface area contributed by atoms with Crippen LogP contribution < -0.4 is 5.49 Å². The third-order valence-corrected chi connectivity index (χ3v) is 3.17. The highest BCUT2D eigenvalue weighted by atomic mass is 79.9. The number of hydrogen-bond donors (Lipinski definition) is 1. The Hall–Kier alpha value is -2.28. The summed E-state index contributed by atoms with van der Waals surface area (Å²) in [4.78, 5) is 22.1. The first kappa shape index (κ1) is 14.1. The predicted octanol–water partition coefficient (Wildman–Crippen LogP) is 2.52. The number of carbonyl (C=O) groups excluding carboxylic acids is 1. The summed E-state index contributed by atoms with van der Waals surface area (Å²) in [6.07, 6.45) is 1.64. The molecule has 0 aliphatic rings. The maximum atomic E-state index is 12.1. The van der Waals surface area contributed by atoms with E-state index in [0.717, 1.165) is 4.47 Å². The minimum absolute atomic E-state index is 0.0100. The molecular weight excluding hydrogens is 326 g/mol. The van der Waals surface area contributed by atoms with Crippen molar-refractivity contribution in [1.29, 1.82) is 5.41 Å². The largest absolute Gasteiger partial charge is 0.325 e. The summed E-state index contributed by atoms with van der Waals surface area (Å²) >= 11 is 3.28. The lowest BCUT2D eigenvalue weighted by Crippen LogP contribution is -2.23. The van der Waals surface area contributed by atoms with Crippen LogP contribution in [0.1, 0.15) is 10.4 Å². The van der Waals surface area contributed by atoms with Crippen molar-refractivity contribution >= 4 is 27.4 Å². The number of aromatic nitrogens is 1. The molecule has 1 aromatic carbocycles. The molecule has 0 saturated heterocycles. The number of Topliss-reactive ketones (excluding diaryl/α,β-unsaturated/α-hetero) is 1. The third-order valence-electron chi connectivity index (χ3n) is 2.70. The SMILES string of the molecule is N=c1ccc(Br)cn1CC(=O)c1ccc([N+](=O)[O-])cc1. The standard InChI is InChI=1S/C13H10BrN3O3/c14-10-3-6-13(15)16(7-10)8-12(18)9-1-4-11(5-2-9)17(19)20/h1-7,15H,8H2. The molecule has 0 atom stereocenters. The lowest BCUT2D eigenvalue weighted by atomic mass is 10.1. The lowest BCUT2D eigenvalue weighted by molar-refractivity contribution is -0.384. The smallest absolute Gasteiger partial charge is 0.269 e. The molecule has 2 rings (SSSR count). The van der Waals surface area contributed by atoms with Crippen molar-refractivity contribution in [3.05, 3.63) is 68.2 Å². The van der Waals surface area contributed by atoms with Gasteiger partial charge in [-0.1, -0.05) is 0 Å². The predicted molar refractivity (Wildman–Crippen MR) is 75.4 cm³/mol. The fraction of sp³-hybridized carbons (Fsp3) is 0.0769. The number of nitro benzene ring substituents is 1. The number of carbonyl (C=O) groups is 1. The average Bonchev–Trinajstić information content (AvgIpc) is 2.43. The summed E-state index contributed by atoms with van der Waals surface area (Å²) in [5, 5.41) is 18.3. The molecule has 0 unspecified atom stereocenters. The molecule has 1 aromatic heterocycles. The van der Waals surface area contributed by atoms with E-state index in [0.29, 0.717) is 5.56 Å². The highest BCUT2D eigenvalue weighted by Gasteiger charge is 2.10. The second kappa shape index (κ2) is 5.79. The van der Waals surface area contributed by atoms with E-state index in [9.17, 15) is 14.9 Å². The molecule has 1 N–H and O–H groups in total. The first-order chi connectivity index (χ1) is 9.47. The van der Waals surface area contributed by atoms with Gasteiger partial charge in [0.15, 0.2) is 5.78 Å². The molecule has 0 bridgehead atoms. The first-order valence-electron chi connectivity index (χ1n) is 5.65. The minimum Gasteiger partial charge on any atom is -0.325 e. The second-order valence-corrected chi connectivity index (χ2v) is 5.00. The zero-order chi connectivity index (χ0) is 14.7. The molecular formula is C13H10BrN3O3. The maximum absolute atomic E-state index is 12.1. The number of nitrogens with zero attached hydrogens (tertiary/aromatic N) is 2. The van der Waals surface area contributed by atoms with E-state index >= 15 is 0 Å². The molecule has 0 spiro atoms. The van der Waals surface area contributed by atoms with Crippen LogP contribution in [0.15, 0.2) is 47.1 Å². The molecule has 6 nitrogen and oxygen atoms in total. The van der Waals surface area contributed by atoms with Gasteiger partial charge in [0.05, 0.1) is 11.5 Å². The van der Waals surface area contributed by atoms with Crippen LogP contribution >= 0.6 is 15.9 Å². The number of halogens is 1. The van der Waals surface area contributed by atoms with Gasteiger partial charge in [0, 0.05) is 28.4 Å². The monoisotopic (exact) mass is 335 g/mol. The van der Waals surface area contributed by atoms with Gasteiger partial charge >= 0.3 is 0 Å².